The first-order valence-electron chi connectivity index (χ1n) is 6.21. The summed E-state index contributed by atoms with van der Waals surface area (Å²) in [6.07, 6.45) is -0.374. The summed E-state index contributed by atoms with van der Waals surface area (Å²) in [5.74, 6) is 0. The third kappa shape index (κ3) is 3.49. The number of benzene rings is 1. The van der Waals surface area contributed by atoms with Crippen LogP contribution in [0.1, 0.15) is 0 Å². The molecule has 1 heterocycles. The second kappa shape index (κ2) is 7.26. The van der Waals surface area contributed by atoms with Crippen LogP contribution in [0.5, 0.6) is 0 Å². The van der Waals surface area contributed by atoms with Crippen molar-refractivity contribution in [3.63, 3.8) is 0 Å². The van der Waals surface area contributed by atoms with Gasteiger partial charge in [-0.2, -0.15) is 0 Å². The Bertz CT molecular complexity index is 373. The summed E-state index contributed by atoms with van der Waals surface area (Å²) < 4.78 is 22.3. The molecule has 4 nitrogen and oxygen atoms in total. The molecule has 4 atom stereocenters. The molecular formula is C14H20O4S. The molecule has 0 unspecified atom stereocenters. The van der Waals surface area contributed by atoms with E-state index >= 15 is 0 Å². The van der Waals surface area contributed by atoms with Crippen molar-refractivity contribution in [2.45, 2.75) is 28.6 Å². The van der Waals surface area contributed by atoms with Gasteiger partial charge in [-0.3, -0.25) is 0 Å². The van der Waals surface area contributed by atoms with Crippen molar-refractivity contribution in [1.82, 2.24) is 0 Å². The van der Waals surface area contributed by atoms with Gasteiger partial charge < -0.3 is 18.9 Å². The van der Waals surface area contributed by atoms with Crippen LogP contribution in [0.4, 0.5) is 0 Å². The molecule has 1 aliphatic rings. The first-order chi connectivity index (χ1) is 9.30. The molecule has 0 N–H and O–H groups in total. The Morgan fingerprint density at radius 1 is 1.00 bits per heavy atom. The van der Waals surface area contributed by atoms with E-state index in [0.717, 1.165) is 4.90 Å². The first-order valence-corrected chi connectivity index (χ1v) is 7.09. The summed E-state index contributed by atoms with van der Waals surface area (Å²) in [6.45, 7) is 0.513. The molecule has 0 aliphatic carbocycles. The van der Waals surface area contributed by atoms with Crippen LogP contribution in [-0.2, 0) is 18.9 Å². The molecule has 0 saturated carbocycles. The van der Waals surface area contributed by atoms with Crippen molar-refractivity contribution in [2.24, 2.45) is 0 Å². The second-order valence-corrected chi connectivity index (χ2v) is 5.48. The first kappa shape index (κ1) is 14.8. The van der Waals surface area contributed by atoms with E-state index in [0.29, 0.717) is 6.61 Å². The minimum atomic E-state index is -0.158. The van der Waals surface area contributed by atoms with Crippen molar-refractivity contribution in [3.8, 4) is 0 Å². The topological polar surface area (TPSA) is 36.9 Å². The van der Waals surface area contributed by atoms with Crippen LogP contribution in [-0.4, -0.2) is 51.7 Å². The third-order valence-corrected chi connectivity index (χ3v) is 4.41. The van der Waals surface area contributed by atoms with Gasteiger partial charge in [-0.05, 0) is 12.1 Å². The number of hydrogen-bond donors (Lipinski definition) is 0. The second-order valence-electron chi connectivity index (χ2n) is 4.31. The highest BCUT2D eigenvalue weighted by Crippen LogP contribution is 2.33. The van der Waals surface area contributed by atoms with Crippen LogP contribution in [0.15, 0.2) is 35.2 Å². The average molecular weight is 284 g/mol. The van der Waals surface area contributed by atoms with Crippen molar-refractivity contribution in [2.75, 3.05) is 27.9 Å². The maximum atomic E-state index is 5.85. The van der Waals surface area contributed by atoms with E-state index < -0.39 is 0 Å². The van der Waals surface area contributed by atoms with Crippen molar-refractivity contribution in [3.05, 3.63) is 30.3 Å². The molecule has 1 saturated heterocycles. The van der Waals surface area contributed by atoms with Crippen molar-refractivity contribution in [1.29, 1.82) is 0 Å². The van der Waals surface area contributed by atoms with Gasteiger partial charge >= 0.3 is 0 Å². The Labute approximate surface area is 118 Å². The fourth-order valence-electron chi connectivity index (χ4n) is 2.21. The molecule has 2 rings (SSSR count). The molecule has 5 heteroatoms. The largest absolute Gasteiger partial charge is 0.376 e. The van der Waals surface area contributed by atoms with Gasteiger partial charge in [0.15, 0.2) is 0 Å². The lowest BCUT2D eigenvalue weighted by Crippen LogP contribution is -2.54. The van der Waals surface area contributed by atoms with Gasteiger partial charge in [-0.25, -0.2) is 0 Å². The standard InChI is InChI=1S/C14H20O4S/c1-15-11-9-18-14(13(17-3)12(11)16-2)19-10-7-5-4-6-8-10/h4-8,11-14H,9H2,1-3H3/t11-,12+,13-,14+/m1/s1. The van der Waals surface area contributed by atoms with Crippen LogP contribution >= 0.6 is 11.8 Å². The monoisotopic (exact) mass is 284 g/mol. The Balaban J connectivity index is 2.08. The average Bonchev–Trinajstić information content (AvgIpc) is 2.47. The summed E-state index contributed by atoms with van der Waals surface area (Å²) in [5.41, 5.74) is -0.0938. The Morgan fingerprint density at radius 3 is 2.26 bits per heavy atom. The molecule has 1 aromatic carbocycles. The zero-order chi connectivity index (χ0) is 13.7. The van der Waals surface area contributed by atoms with Gasteiger partial charge in [0, 0.05) is 26.2 Å². The molecule has 1 aliphatic heterocycles. The number of ether oxygens (including phenoxy) is 4. The highest BCUT2D eigenvalue weighted by atomic mass is 32.2. The third-order valence-electron chi connectivity index (χ3n) is 3.23. The minimum absolute atomic E-state index is 0.0938. The van der Waals surface area contributed by atoms with Crippen LogP contribution in [0.25, 0.3) is 0 Å². The van der Waals surface area contributed by atoms with E-state index in [9.17, 15) is 0 Å². The Kier molecular flexibility index (Phi) is 5.66. The molecule has 106 valence electrons. The zero-order valence-electron chi connectivity index (χ0n) is 11.4. The number of hydrogen-bond acceptors (Lipinski definition) is 5. The molecule has 0 aromatic heterocycles. The van der Waals surface area contributed by atoms with Crippen LogP contribution < -0.4 is 0 Å². The molecule has 0 bridgehead atoms. The lowest BCUT2D eigenvalue weighted by atomic mass is 10.1. The molecule has 1 aromatic rings. The van der Waals surface area contributed by atoms with Crippen LogP contribution in [0, 0.1) is 0 Å². The zero-order valence-corrected chi connectivity index (χ0v) is 12.3. The van der Waals surface area contributed by atoms with E-state index in [1.165, 1.54) is 0 Å². The van der Waals surface area contributed by atoms with Gasteiger partial charge in [-0.1, -0.05) is 30.0 Å². The maximum absolute atomic E-state index is 5.85. The summed E-state index contributed by atoms with van der Waals surface area (Å²) in [4.78, 5) is 1.15. The van der Waals surface area contributed by atoms with Crippen LogP contribution in [0.2, 0.25) is 0 Å². The summed E-state index contributed by atoms with van der Waals surface area (Å²) in [7, 11) is 5.02. The van der Waals surface area contributed by atoms with Gasteiger partial charge in [0.2, 0.25) is 0 Å². The molecule has 0 spiro atoms. The van der Waals surface area contributed by atoms with E-state index in [1.54, 1.807) is 33.1 Å². The smallest absolute Gasteiger partial charge is 0.136 e. The van der Waals surface area contributed by atoms with Crippen molar-refractivity contribution >= 4 is 11.8 Å². The quantitative estimate of drug-likeness (QED) is 0.828. The predicted molar refractivity (Wildman–Crippen MR) is 74.4 cm³/mol. The van der Waals surface area contributed by atoms with Crippen molar-refractivity contribution < 1.29 is 18.9 Å². The fraction of sp³-hybridized carbons (Fsp3) is 0.571. The molecule has 0 amide bonds. The minimum Gasteiger partial charge on any atom is -0.376 e. The van der Waals surface area contributed by atoms with E-state index in [4.69, 9.17) is 18.9 Å². The highest BCUT2D eigenvalue weighted by molar-refractivity contribution is 7.99. The van der Waals surface area contributed by atoms with Gasteiger partial charge in [0.05, 0.1) is 6.61 Å². The SMILES string of the molecule is CO[C@@H]1[C@@H](OC)[C@H](Sc2ccccc2)OC[C@H]1OC. The molecule has 1 fully saturated rings. The summed E-state index contributed by atoms with van der Waals surface area (Å²) in [5, 5.41) is 0. The number of methoxy groups -OCH3 is 3. The lowest BCUT2D eigenvalue weighted by Gasteiger charge is -2.40. The fourth-order valence-corrected chi connectivity index (χ4v) is 3.34. The Hall–Kier alpha value is -0.590. The number of thioether (sulfide) groups is 1. The summed E-state index contributed by atoms with van der Waals surface area (Å²) in [6, 6.07) is 10.1. The van der Waals surface area contributed by atoms with E-state index in [-0.39, 0.29) is 23.7 Å². The van der Waals surface area contributed by atoms with E-state index in [1.807, 2.05) is 18.2 Å². The number of rotatable bonds is 5. The molecular weight excluding hydrogens is 264 g/mol. The van der Waals surface area contributed by atoms with E-state index in [2.05, 4.69) is 12.1 Å². The predicted octanol–water partition coefficient (Wildman–Crippen LogP) is 2.18. The normalized spacial score (nSPS) is 31.3. The molecule has 19 heavy (non-hydrogen) atoms. The Morgan fingerprint density at radius 2 is 1.68 bits per heavy atom. The lowest BCUT2D eigenvalue weighted by molar-refractivity contribution is -0.189. The molecule has 0 radical (unpaired) electrons. The summed E-state index contributed by atoms with van der Waals surface area (Å²) >= 11 is 1.65. The van der Waals surface area contributed by atoms with Gasteiger partial charge in [0.25, 0.3) is 0 Å². The maximum Gasteiger partial charge on any atom is 0.136 e. The highest BCUT2D eigenvalue weighted by Gasteiger charge is 2.41. The van der Waals surface area contributed by atoms with Crippen LogP contribution in [0.3, 0.4) is 0 Å². The van der Waals surface area contributed by atoms with Gasteiger partial charge in [0.1, 0.15) is 23.7 Å². The van der Waals surface area contributed by atoms with Gasteiger partial charge in [-0.15, -0.1) is 0 Å².